The lowest BCUT2D eigenvalue weighted by molar-refractivity contribution is 0.145. The zero-order chi connectivity index (χ0) is 15.5. The molecule has 1 atom stereocenters. The smallest absolute Gasteiger partial charge is 0.414 e. The maximum atomic E-state index is 14.2. The molecule has 1 aliphatic heterocycles. The van der Waals surface area contributed by atoms with Gasteiger partial charge >= 0.3 is 6.09 Å². The molecule has 1 saturated heterocycles. The number of carbonyl (C=O) groups is 1. The zero-order valence-corrected chi connectivity index (χ0v) is 11.2. The first-order valence-corrected chi connectivity index (χ1v) is 6.32. The average molecular weight is 303 g/mol. The number of cyclic esters (lactones) is 1. The number of ether oxygens (including phenoxy) is 1. The molecule has 2 aromatic rings. The summed E-state index contributed by atoms with van der Waals surface area (Å²) in [5.74, 6) is -0.547. The number of nitrogens with zero attached hydrogens (tertiary/aromatic N) is 7. The van der Waals surface area contributed by atoms with E-state index < -0.39 is 18.0 Å². The second-order valence-electron chi connectivity index (χ2n) is 4.51. The molecule has 1 aliphatic rings. The summed E-state index contributed by atoms with van der Waals surface area (Å²) in [6.45, 7) is 0.234. The van der Waals surface area contributed by atoms with Crippen LogP contribution in [0.15, 0.2) is 36.0 Å². The molecule has 0 saturated carbocycles. The minimum Gasteiger partial charge on any atom is -0.444 e. The van der Waals surface area contributed by atoms with Gasteiger partial charge in [-0.25, -0.2) is 18.9 Å². The van der Waals surface area contributed by atoms with Crippen LogP contribution < -0.4 is 4.90 Å². The van der Waals surface area contributed by atoms with E-state index in [0.29, 0.717) is 5.69 Å². The van der Waals surface area contributed by atoms with Crippen molar-refractivity contribution in [3.8, 4) is 5.69 Å². The largest absolute Gasteiger partial charge is 0.444 e. The second-order valence-corrected chi connectivity index (χ2v) is 4.51. The fourth-order valence-electron chi connectivity index (χ4n) is 2.14. The maximum absolute atomic E-state index is 14.2. The van der Waals surface area contributed by atoms with Gasteiger partial charge in [-0.05, 0) is 23.7 Å². The Morgan fingerprint density at radius 1 is 1.55 bits per heavy atom. The highest BCUT2D eigenvalue weighted by molar-refractivity contribution is 5.89. The van der Waals surface area contributed by atoms with Crippen LogP contribution in [0.5, 0.6) is 0 Å². The number of rotatable bonds is 4. The third kappa shape index (κ3) is 2.54. The van der Waals surface area contributed by atoms with Crippen molar-refractivity contribution >= 4 is 11.8 Å². The predicted molar refractivity (Wildman–Crippen MR) is 72.9 cm³/mol. The van der Waals surface area contributed by atoms with Gasteiger partial charge in [0.15, 0.2) is 5.82 Å². The van der Waals surface area contributed by atoms with E-state index in [2.05, 4.69) is 20.1 Å². The van der Waals surface area contributed by atoms with Gasteiger partial charge in [0.2, 0.25) is 0 Å². The van der Waals surface area contributed by atoms with E-state index in [9.17, 15) is 9.18 Å². The van der Waals surface area contributed by atoms with Gasteiger partial charge in [-0.3, -0.25) is 4.90 Å². The highest BCUT2D eigenvalue weighted by Gasteiger charge is 2.32. The van der Waals surface area contributed by atoms with E-state index in [1.54, 1.807) is 6.07 Å². The lowest BCUT2D eigenvalue weighted by Crippen LogP contribution is -2.25. The normalized spacial score (nSPS) is 17.2. The summed E-state index contributed by atoms with van der Waals surface area (Å²) in [6, 6.07) is 4.29. The Morgan fingerprint density at radius 3 is 3.09 bits per heavy atom. The molecule has 10 heteroatoms. The van der Waals surface area contributed by atoms with E-state index in [1.165, 1.54) is 34.4 Å². The van der Waals surface area contributed by atoms with Crippen molar-refractivity contribution in [1.29, 1.82) is 0 Å². The highest BCUT2D eigenvalue weighted by Crippen LogP contribution is 2.25. The third-order valence-electron chi connectivity index (χ3n) is 3.13. The molecule has 0 bridgehead atoms. The Hall–Kier alpha value is -3.13. The third-order valence-corrected chi connectivity index (χ3v) is 3.13. The molecule has 22 heavy (non-hydrogen) atoms. The average Bonchev–Trinajstić information content (AvgIpc) is 3.14. The second kappa shape index (κ2) is 5.70. The summed E-state index contributed by atoms with van der Waals surface area (Å²) in [6.07, 6.45) is 1.52. The number of azide groups is 1. The summed E-state index contributed by atoms with van der Waals surface area (Å²) in [5, 5.41) is 7.21. The molecule has 1 fully saturated rings. The summed E-state index contributed by atoms with van der Waals surface area (Å²) in [5.41, 5.74) is 8.85. The Morgan fingerprint density at radius 2 is 2.41 bits per heavy atom. The van der Waals surface area contributed by atoms with E-state index in [0.717, 1.165) is 0 Å². The standard InChI is InChI=1S/C12H10FN7O2/c13-10-3-8(1-2-11(10)20-7-15-6-17-20)19-5-9(4-16-18-14)22-12(19)21/h1-3,6-7,9H,4-5H2/t9-/m1/s1. The fraction of sp³-hybridized carbons (Fsp3) is 0.250. The molecule has 2 heterocycles. The molecular weight excluding hydrogens is 293 g/mol. The molecule has 0 aliphatic carbocycles. The highest BCUT2D eigenvalue weighted by atomic mass is 19.1. The van der Waals surface area contributed by atoms with Gasteiger partial charge in [0.05, 0.1) is 18.8 Å². The number of hydrogen-bond donors (Lipinski definition) is 0. The first-order valence-electron chi connectivity index (χ1n) is 6.32. The number of benzene rings is 1. The summed E-state index contributed by atoms with van der Waals surface area (Å²) < 4.78 is 20.5. The van der Waals surface area contributed by atoms with Crippen molar-refractivity contribution in [2.45, 2.75) is 6.10 Å². The molecular formula is C12H10FN7O2. The molecule has 3 rings (SSSR count). The van der Waals surface area contributed by atoms with Crippen molar-refractivity contribution in [2.24, 2.45) is 5.11 Å². The summed E-state index contributed by atoms with van der Waals surface area (Å²) in [7, 11) is 0. The number of carbonyl (C=O) groups excluding carboxylic acids is 1. The van der Waals surface area contributed by atoms with Crippen molar-refractivity contribution in [1.82, 2.24) is 14.8 Å². The lowest BCUT2D eigenvalue weighted by Gasteiger charge is -2.14. The molecule has 112 valence electrons. The van der Waals surface area contributed by atoms with E-state index in [1.807, 2.05) is 0 Å². The minimum atomic E-state index is -0.606. The van der Waals surface area contributed by atoms with Crippen LogP contribution in [-0.2, 0) is 4.74 Å². The van der Waals surface area contributed by atoms with Crippen molar-refractivity contribution < 1.29 is 13.9 Å². The van der Waals surface area contributed by atoms with Crippen LogP contribution in [0.4, 0.5) is 14.9 Å². The van der Waals surface area contributed by atoms with E-state index in [4.69, 9.17) is 10.3 Å². The molecule has 1 aromatic carbocycles. The maximum Gasteiger partial charge on any atom is 0.414 e. The quantitative estimate of drug-likeness (QED) is 0.489. The first kappa shape index (κ1) is 13.8. The Kier molecular flexibility index (Phi) is 3.58. The van der Waals surface area contributed by atoms with Crippen LogP contribution in [0.2, 0.25) is 0 Å². The number of amides is 1. The number of hydrogen-bond acceptors (Lipinski definition) is 5. The van der Waals surface area contributed by atoms with E-state index >= 15 is 0 Å². The van der Waals surface area contributed by atoms with Crippen LogP contribution in [0.3, 0.4) is 0 Å². The molecule has 0 unspecified atom stereocenters. The van der Waals surface area contributed by atoms with Crippen molar-refractivity contribution in [3.63, 3.8) is 0 Å². The van der Waals surface area contributed by atoms with Crippen molar-refractivity contribution in [2.75, 3.05) is 18.0 Å². The Bertz CT molecular complexity index is 742. The van der Waals surface area contributed by atoms with Gasteiger partial charge in [-0.1, -0.05) is 5.11 Å². The lowest BCUT2D eigenvalue weighted by atomic mass is 10.2. The molecule has 1 aromatic heterocycles. The minimum absolute atomic E-state index is 0.0399. The van der Waals surface area contributed by atoms with Crippen LogP contribution in [-0.4, -0.2) is 40.1 Å². The Labute approximate surface area is 123 Å². The molecule has 0 spiro atoms. The SMILES string of the molecule is [N-]=[N+]=NC[C@@H]1CN(c2ccc(-n3cncn3)c(F)c2)C(=O)O1. The summed E-state index contributed by atoms with van der Waals surface area (Å²) in [4.78, 5) is 19.4. The Balaban J connectivity index is 1.82. The number of anilines is 1. The van der Waals surface area contributed by atoms with Gasteiger partial charge in [0.1, 0.15) is 24.4 Å². The van der Waals surface area contributed by atoms with Gasteiger partial charge in [0.25, 0.3) is 0 Å². The molecule has 1 amide bonds. The van der Waals surface area contributed by atoms with Gasteiger partial charge in [-0.15, -0.1) is 0 Å². The van der Waals surface area contributed by atoms with Gasteiger partial charge in [0, 0.05) is 4.91 Å². The molecule has 9 nitrogen and oxygen atoms in total. The van der Waals surface area contributed by atoms with Crippen LogP contribution >= 0.6 is 0 Å². The van der Waals surface area contributed by atoms with Crippen LogP contribution in [0.25, 0.3) is 16.1 Å². The van der Waals surface area contributed by atoms with E-state index in [-0.39, 0.29) is 18.8 Å². The molecule has 0 radical (unpaired) electrons. The molecule has 0 N–H and O–H groups in total. The van der Waals surface area contributed by atoms with Crippen LogP contribution in [0, 0.1) is 5.82 Å². The number of halogens is 1. The first-order chi connectivity index (χ1) is 10.7. The topological polar surface area (TPSA) is 109 Å². The van der Waals surface area contributed by atoms with Crippen LogP contribution in [0.1, 0.15) is 0 Å². The fourth-order valence-corrected chi connectivity index (χ4v) is 2.14. The van der Waals surface area contributed by atoms with Gasteiger partial charge in [-0.2, -0.15) is 5.10 Å². The van der Waals surface area contributed by atoms with Crippen molar-refractivity contribution in [3.05, 3.63) is 47.1 Å². The monoisotopic (exact) mass is 303 g/mol. The predicted octanol–water partition coefficient (Wildman–Crippen LogP) is 2.04. The number of aromatic nitrogens is 3. The zero-order valence-electron chi connectivity index (χ0n) is 11.2. The van der Waals surface area contributed by atoms with Gasteiger partial charge < -0.3 is 4.74 Å². The summed E-state index contributed by atoms with van der Waals surface area (Å²) >= 11 is 0.